The third-order valence-electron chi connectivity index (χ3n) is 3.21. The Morgan fingerprint density at radius 1 is 1.17 bits per heavy atom. The monoisotopic (exact) mass is 255 g/mol. The smallest absolute Gasteiger partial charge is 0.410 e. The Balaban J connectivity index is 2.86. The molecule has 0 unspecified atom stereocenters. The number of ketones is 1. The van der Waals surface area contributed by atoms with E-state index in [4.69, 9.17) is 4.74 Å². The van der Waals surface area contributed by atoms with Crippen LogP contribution in [0.1, 0.15) is 47.0 Å². The lowest BCUT2D eigenvalue weighted by atomic mass is 9.78. The van der Waals surface area contributed by atoms with Gasteiger partial charge in [-0.2, -0.15) is 0 Å². The van der Waals surface area contributed by atoms with E-state index in [0.29, 0.717) is 12.3 Å². The molecule has 0 aliphatic heterocycles. The van der Waals surface area contributed by atoms with Gasteiger partial charge in [-0.15, -0.1) is 0 Å². The molecule has 0 bridgehead atoms. The summed E-state index contributed by atoms with van der Waals surface area (Å²) in [6.45, 7) is 7.35. The Kier molecular flexibility index (Phi) is 4.08. The quantitative estimate of drug-likeness (QED) is 0.776. The zero-order valence-electron chi connectivity index (χ0n) is 12.4. The maximum atomic E-state index is 12.5. The third kappa shape index (κ3) is 3.72. The van der Waals surface area contributed by atoms with Crippen molar-refractivity contribution in [3.63, 3.8) is 0 Å². The largest absolute Gasteiger partial charge is 0.435 e. The number of hydrogen-bond donors (Lipinski definition) is 0. The highest BCUT2D eigenvalue weighted by Gasteiger charge is 2.46. The van der Waals surface area contributed by atoms with Gasteiger partial charge >= 0.3 is 6.09 Å². The first-order valence-corrected chi connectivity index (χ1v) is 6.51. The van der Waals surface area contributed by atoms with Gasteiger partial charge in [0.05, 0.1) is 0 Å². The van der Waals surface area contributed by atoms with Crippen molar-refractivity contribution in [2.75, 3.05) is 14.1 Å². The summed E-state index contributed by atoms with van der Waals surface area (Å²) in [4.78, 5) is 25.6. The Morgan fingerprint density at radius 2 is 1.67 bits per heavy atom. The minimum absolute atomic E-state index is 0.00269. The first-order chi connectivity index (χ1) is 8.06. The van der Waals surface area contributed by atoms with Crippen LogP contribution in [0.3, 0.4) is 0 Å². The predicted molar refractivity (Wildman–Crippen MR) is 70.4 cm³/mol. The second-order valence-corrected chi connectivity index (χ2v) is 6.72. The molecule has 1 fully saturated rings. The summed E-state index contributed by atoms with van der Waals surface area (Å²) < 4.78 is 5.48. The fourth-order valence-electron chi connectivity index (χ4n) is 2.13. The Labute approximate surface area is 110 Å². The lowest BCUT2D eigenvalue weighted by Crippen LogP contribution is -2.48. The Bertz CT molecular complexity index is 339. The fraction of sp³-hybridized carbons (Fsp3) is 0.857. The lowest BCUT2D eigenvalue weighted by Gasteiger charge is -2.34. The molecule has 0 N–H and O–H groups in total. The van der Waals surface area contributed by atoms with Crippen molar-refractivity contribution < 1.29 is 14.3 Å². The molecule has 104 valence electrons. The van der Waals surface area contributed by atoms with Crippen LogP contribution < -0.4 is 0 Å². The number of nitrogens with zero attached hydrogens (tertiary/aromatic N) is 1. The molecule has 0 spiro atoms. The van der Waals surface area contributed by atoms with E-state index >= 15 is 0 Å². The van der Waals surface area contributed by atoms with Crippen LogP contribution in [0.15, 0.2) is 0 Å². The number of ether oxygens (including phenoxy) is 1. The zero-order valence-corrected chi connectivity index (χ0v) is 12.4. The van der Waals surface area contributed by atoms with E-state index in [1.807, 2.05) is 20.8 Å². The summed E-state index contributed by atoms with van der Waals surface area (Å²) in [6.07, 6.45) is 2.46. The van der Waals surface area contributed by atoms with Crippen molar-refractivity contribution in [3.05, 3.63) is 0 Å². The highest BCUT2D eigenvalue weighted by atomic mass is 16.6. The summed E-state index contributed by atoms with van der Waals surface area (Å²) in [6, 6.07) is 0. The van der Waals surface area contributed by atoms with Crippen LogP contribution in [0.4, 0.5) is 4.79 Å². The molecule has 1 aliphatic rings. The van der Waals surface area contributed by atoms with E-state index in [1.54, 1.807) is 21.0 Å². The van der Waals surface area contributed by atoms with Gasteiger partial charge in [-0.25, -0.2) is 4.79 Å². The van der Waals surface area contributed by atoms with E-state index in [1.165, 1.54) is 4.90 Å². The van der Waals surface area contributed by atoms with Crippen LogP contribution in [0.25, 0.3) is 0 Å². The number of carbonyl (C=O) groups is 2. The van der Waals surface area contributed by atoms with E-state index in [0.717, 1.165) is 12.8 Å². The summed E-state index contributed by atoms with van der Waals surface area (Å²) in [5.74, 6) is 0.522. The Hall–Kier alpha value is -1.06. The number of amides is 1. The molecule has 1 saturated carbocycles. The summed E-state index contributed by atoms with van der Waals surface area (Å²) >= 11 is 0. The van der Waals surface area contributed by atoms with Gasteiger partial charge in [0.25, 0.3) is 0 Å². The van der Waals surface area contributed by atoms with E-state index < -0.39 is 17.1 Å². The molecule has 0 aromatic rings. The van der Waals surface area contributed by atoms with Crippen molar-refractivity contribution in [2.24, 2.45) is 11.3 Å². The number of carbonyl (C=O) groups excluding carboxylic acids is 2. The first-order valence-electron chi connectivity index (χ1n) is 6.51. The maximum absolute atomic E-state index is 12.5. The Morgan fingerprint density at radius 3 is 2.00 bits per heavy atom. The van der Waals surface area contributed by atoms with Crippen molar-refractivity contribution in [1.29, 1.82) is 0 Å². The van der Waals surface area contributed by atoms with Gasteiger partial charge < -0.3 is 9.64 Å². The van der Waals surface area contributed by atoms with Crippen LogP contribution >= 0.6 is 0 Å². The van der Waals surface area contributed by atoms with Crippen molar-refractivity contribution in [3.8, 4) is 0 Å². The number of Topliss-reactive ketones (excluding diaryl/α,β-unsaturated/α-hetero) is 1. The molecule has 0 heterocycles. The highest BCUT2D eigenvalue weighted by Crippen LogP contribution is 2.41. The van der Waals surface area contributed by atoms with E-state index in [9.17, 15) is 9.59 Å². The van der Waals surface area contributed by atoms with Gasteiger partial charge in [-0.1, -0.05) is 33.6 Å². The molecule has 0 radical (unpaired) electrons. The molecule has 1 rings (SSSR count). The van der Waals surface area contributed by atoms with Crippen molar-refractivity contribution >= 4 is 11.9 Å². The normalized spacial score (nSPS) is 19.0. The molecule has 0 aromatic carbocycles. The van der Waals surface area contributed by atoms with Gasteiger partial charge in [0.2, 0.25) is 0 Å². The van der Waals surface area contributed by atoms with Crippen LogP contribution in [-0.2, 0) is 9.53 Å². The number of hydrogen-bond acceptors (Lipinski definition) is 3. The minimum atomic E-state index is -0.999. The van der Waals surface area contributed by atoms with Crippen LogP contribution in [0.5, 0.6) is 0 Å². The first kappa shape index (κ1) is 15.0. The molecule has 1 amide bonds. The molecule has 0 saturated heterocycles. The van der Waals surface area contributed by atoms with E-state index in [-0.39, 0.29) is 5.78 Å². The van der Waals surface area contributed by atoms with Gasteiger partial charge in [0, 0.05) is 19.5 Å². The van der Waals surface area contributed by atoms with E-state index in [2.05, 4.69) is 0 Å². The van der Waals surface area contributed by atoms with Crippen LogP contribution in [-0.4, -0.2) is 36.5 Å². The second-order valence-electron chi connectivity index (χ2n) is 6.72. The third-order valence-corrected chi connectivity index (χ3v) is 3.21. The molecule has 1 aliphatic carbocycles. The highest BCUT2D eigenvalue weighted by molar-refractivity contribution is 5.93. The molecule has 4 heteroatoms. The summed E-state index contributed by atoms with van der Waals surface area (Å²) in [5.41, 5.74) is -1.50. The topological polar surface area (TPSA) is 46.6 Å². The molecular weight excluding hydrogens is 230 g/mol. The van der Waals surface area contributed by atoms with Gasteiger partial charge in [0.1, 0.15) is 0 Å². The van der Waals surface area contributed by atoms with Gasteiger partial charge in [-0.3, -0.25) is 4.79 Å². The average Bonchev–Trinajstić information content (AvgIpc) is 2.98. The molecule has 18 heavy (non-hydrogen) atoms. The zero-order chi connectivity index (χ0) is 14.1. The molecule has 1 atom stereocenters. The van der Waals surface area contributed by atoms with Crippen LogP contribution in [0, 0.1) is 11.3 Å². The van der Waals surface area contributed by atoms with Crippen LogP contribution in [0.2, 0.25) is 0 Å². The molecule has 4 nitrogen and oxygen atoms in total. The lowest BCUT2D eigenvalue weighted by molar-refractivity contribution is -0.146. The molecule has 0 aromatic heterocycles. The fourth-order valence-corrected chi connectivity index (χ4v) is 2.13. The predicted octanol–water partition coefficient (Wildman–Crippen LogP) is 2.86. The SMILES string of the molecule is CN(C)C(=O)O[C@](C)(CC1CC1)C(=O)C(C)(C)C. The van der Waals surface area contributed by atoms with Crippen molar-refractivity contribution in [2.45, 2.75) is 52.6 Å². The minimum Gasteiger partial charge on any atom is -0.435 e. The van der Waals surface area contributed by atoms with Gasteiger partial charge in [0.15, 0.2) is 11.4 Å². The summed E-state index contributed by atoms with van der Waals surface area (Å²) in [5, 5.41) is 0. The average molecular weight is 255 g/mol. The number of rotatable bonds is 4. The van der Waals surface area contributed by atoms with Gasteiger partial charge in [-0.05, 0) is 19.3 Å². The van der Waals surface area contributed by atoms with Crippen molar-refractivity contribution in [1.82, 2.24) is 4.90 Å². The second kappa shape index (κ2) is 4.90. The maximum Gasteiger partial charge on any atom is 0.410 e. The standard InChI is InChI=1S/C14H25NO3/c1-13(2,3)11(16)14(4,9-10-7-8-10)18-12(17)15(5)6/h10H,7-9H2,1-6H3/t14-/m1/s1. The summed E-state index contributed by atoms with van der Waals surface area (Å²) in [7, 11) is 3.25. The molecular formula is C14H25NO3.